The van der Waals surface area contributed by atoms with Crippen LogP contribution in [-0.4, -0.2) is 10.4 Å². The summed E-state index contributed by atoms with van der Waals surface area (Å²) in [5.74, 6) is -0.265. The van der Waals surface area contributed by atoms with Gasteiger partial charge < -0.3 is 4.57 Å². The lowest BCUT2D eigenvalue weighted by molar-refractivity contribution is 0.104. The summed E-state index contributed by atoms with van der Waals surface area (Å²) in [5.41, 5.74) is 2.55. The Balaban J connectivity index is 2.09. The number of nitrogens with zero attached hydrogens (tertiary/aromatic N) is 2. The number of Topliss-reactive ketones (excluding diaryl/α,β-unsaturated/α-hetero) is 1. The Labute approximate surface area is 140 Å². The maximum absolute atomic E-state index is 12.5. The second-order valence-electron chi connectivity index (χ2n) is 5.41. The quantitative estimate of drug-likeness (QED) is 0.299. The summed E-state index contributed by atoms with van der Waals surface area (Å²) in [4.78, 5) is 12.5. The van der Waals surface area contributed by atoms with E-state index in [2.05, 4.69) is 11.1 Å². The molecule has 1 aromatic heterocycles. The highest BCUT2D eigenvalue weighted by Crippen LogP contribution is 2.24. The highest BCUT2D eigenvalue weighted by atomic mass is 16.1. The lowest BCUT2D eigenvalue weighted by atomic mass is 10.0. The van der Waals surface area contributed by atoms with Gasteiger partial charge in [0.1, 0.15) is 11.6 Å². The Kier molecular flexibility index (Phi) is 4.40. The fourth-order valence-electron chi connectivity index (χ4n) is 2.73. The highest BCUT2D eigenvalue weighted by Gasteiger charge is 2.13. The number of allylic oxidation sites excluding steroid dienone is 2. The van der Waals surface area contributed by atoms with Crippen LogP contribution in [0.5, 0.6) is 0 Å². The third-order valence-corrected chi connectivity index (χ3v) is 3.85. The van der Waals surface area contributed by atoms with Crippen LogP contribution in [0.4, 0.5) is 0 Å². The molecule has 0 N–H and O–H groups in total. The molecule has 3 rings (SSSR count). The number of aromatic nitrogens is 1. The number of hydrogen-bond donors (Lipinski definition) is 0. The van der Waals surface area contributed by atoms with Crippen molar-refractivity contribution in [2.24, 2.45) is 0 Å². The zero-order valence-corrected chi connectivity index (χ0v) is 13.1. The fourth-order valence-corrected chi connectivity index (χ4v) is 2.73. The summed E-state index contributed by atoms with van der Waals surface area (Å²) >= 11 is 0. The predicted molar refractivity (Wildman–Crippen MR) is 96.5 cm³/mol. The van der Waals surface area contributed by atoms with Gasteiger partial charge in [-0.25, -0.2) is 0 Å². The van der Waals surface area contributed by atoms with E-state index in [-0.39, 0.29) is 11.4 Å². The summed E-state index contributed by atoms with van der Waals surface area (Å²) in [6.07, 6.45) is 5.43. The van der Waals surface area contributed by atoms with E-state index in [1.807, 2.05) is 48.7 Å². The molecule has 0 bridgehead atoms. The molecule has 2 aromatic carbocycles. The Bertz CT molecular complexity index is 972. The van der Waals surface area contributed by atoms with Crippen LogP contribution in [0.1, 0.15) is 15.9 Å². The molecule has 0 aliphatic heterocycles. The minimum atomic E-state index is -0.265. The van der Waals surface area contributed by atoms with Gasteiger partial charge in [0, 0.05) is 34.8 Å². The first-order chi connectivity index (χ1) is 11.7. The molecule has 116 valence electrons. The molecule has 0 saturated heterocycles. The van der Waals surface area contributed by atoms with E-state index in [1.54, 1.807) is 30.3 Å². The van der Waals surface area contributed by atoms with Gasteiger partial charge >= 0.3 is 0 Å². The third-order valence-electron chi connectivity index (χ3n) is 3.85. The molecule has 0 saturated carbocycles. The molecule has 0 atom stereocenters. The highest BCUT2D eigenvalue weighted by molar-refractivity contribution is 6.14. The van der Waals surface area contributed by atoms with Gasteiger partial charge in [-0.2, -0.15) is 5.26 Å². The van der Waals surface area contributed by atoms with Crippen LogP contribution >= 0.6 is 0 Å². The van der Waals surface area contributed by atoms with Crippen LogP contribution in [0, 0.1) is 11.3 Å². The lowest BCUT2D eigenvalue weighted by Gasteiger charge is -1.99. The predicted octanol–water partition coefficient (Wildman–Crippen LogP) is 4.62. The molecule has 1 heterocycles. The van der Waals surface area contributed by atoms with Crippen molar-refractivity contribution in [3.8, 4) is 6.07 Å². The van der Waals surface area contributed by atoms with Crippen molar-refractivity contribution in [2.45, 2.75) is 6.54 Å². The first kappa shape index (κ1) is 15.5. The maximum Gasteiger partial charge on any atom is 0.203 e. The molecule has 0 aliphatic rings. The lowest BCUT2D eigenvalue weighted by Crippen LogP contribution is -2.01. The van der Waals surface area contributed by atoms with Crippen LogP contribution in [0.25, 0.3) is 17.0 Å². The van der Waals surface area contributed by atoms with Crippen molar-refractivity contribution in [1.82, 2.24) is 4.57 Å². The molecular weight excluding hydrogens is 296 g/mol. The van der Waals surface area contributed by atoms with E-state index in [9.17, 15) is 10.1 Å². The molecule has 3 heteroatoms. The van der Waals surface area contributed by atoms with E-state index >= 15 is 0 Å². The second-order valence-corrected chi connectivity index (χ2v) is 5.41. The number of hydrogen-bond acceptors (Lipinski definition) is 2. The van der Waals surface area contributed by atoms with Crippen molar-refractivity contribution in [1.29, 1.82) is 5.26 Å². The van der Waals surface area contributed by atoms with Gasteiger partial charge in [0.2, 0.25) is 5.78 Å². The van der Waals surface area contributed by atoms with Gasteiger partial charge in [-0.05, 0) is 12.1 Å². The summed E-state index contributed by atoms with van der Waals surface area (Å²) in [6.45, 7) is 4.44. The number of para-hydroxylation sites is 1. The average molecular weight is 312 g/mol. The Hall–Kier alpha value is -3.38. The molecular formula is C21H16N2O. The van der Waals surface area contributed by atoms with Gasteiger partial charge in [-0.1, -0.05) is 54.6 Å². The Morgan fingerprint density at radius 3 is 2.54 bits per heavy atom. The van der Waals surface area contributed by atoms with Crippen LogP contribution in [-0.2, 0) is 6.54 Å². The summed E-state index contributed by atoms with van der Waals surface area (Å²) in [7, 11) is 0. The number of carbonyl (C=O) groups is 1. The van der Waals surface area contributed by atoms with Crippen LogP contribution in [0.15, 0.2) is 79.0 Å². The van der Waals surface area contributed by atoms with Crippen molar-refractivity contribution in [3.63, 3.8) is 0 Å². The van der Waals surface area contributed by atoms with Gasteiger partial charge in [-0.15, -0.1) is 6.58 Å². The van der Waals surface area contributed by atoms with Crippen LogP contribution < -0.4 is 0 Å². The maximum atomic E-state index is 12.5. The SMILES string of the molecule is C=CCn1cc(/C=C(\C#N)C(=O)c2ccccc2)c2ccccc21. The number of carbonyl (C=O) groups excluding carboxylic acids is 1. The van der Waals surface area contributed by atoms with Crippen molar-refractivity contribution in [2.75, 3.05) is 0 Å². The van der Waals surface area contributed by atoms with Gasteiger partial charge in [0.25, 0.3) is 0 Å². The van der Waals surface area contributed by atoms with Gasteiger partial charge in [0.05, 0.1) is 0 Å². The van der Waals surface area contributed by atoms with Crippen LogP contribution in [0.3, 0.4) is 0 Å². The molecule has 3 nitrogen and oxygen atoms in total. The van der Waals surface area contributed by atoms with E-state index in [0.29, 0.717) is 12.1 Å². The number of fused-ring (bicyclic) bond motifs is 1. The minimum Gasteiger partial charge on any atom is -0.343 e. The smallest absolute Gasteiger partial charge is 0.203 e. The topological polar surface area (TPSA) is 45.8 Å². The third kappa shape index (κ3) is 2.90. The molecule has 0 spiro atoms. The van der Waals surface area contributed by atoms with E-state index in [4.69, 9.17) is 0 Å². The number of ketones is 1. The standard InChI is InChI=1S/C21H16N2O/c1-2-12-23-15-18(19-10-6-7-11-20(19)23)13-17(14-22)21(24)16-8-4-3-5-9-16/h2-11,13,15H,1,12H2/b17-13+. The zero-order chi connectivity index (χ0) is 16.9. The number of benzene rings is 2. The summed E-state index contributed by atoms with van der Waals surface area (Å²) < 4.78 is 2.05. The number of rotatable bonds is 5. The van der Waals surface area contributed by atoms with Gasteiger partial charge in [0.15, 0.2) is 0 Å². The first-order valence-electron chi connectivity index (χ1n) is 7.65. The molecule has 0 radical (unpaired) electrons. The van der Waals surface area contributed by atoms with E-state index in [0.717, 1.165) is 16.5 Å². The Morgan fingerprint density at radius 2 is 1.83 bits per heavy atom. The monoisotopic (exact) mass is 312 g/mol. The zero-order valence-electron chi connectivity index (χ0n) is 13.1. The molecule has 0 unspecified atom stereocenters. The van der Waals surface area contributed by atoms with Crippen molar-refractivity contribution >= 4 is 22.8 Å². The molecule has 0 amide bonds. The molecule has 0 fully saturated rings. The van der Waals surface area contributed by atoms with E-state index in [1.165, 1.54) is 0 Å². The van der Waals surface area contributed by atoms with Crippen LogP contribution in [0.2, 0.25) is 0 Å². The van der Waals surface area contributed by atoms with Crippen molar-refractivity contribution < 1.29 is 4.79 Å². The average Bonchev–Trinajstić information content (AvgIpc) is 2.98. The number of nitriles is 1. The summed E-state index contributed by atoms with van der Waals surface area (Å²) in [6, 6.07) is 18.8. The molecule has 24 heavy (non-hydrogen) atoms. The second kappa shape index (κ2) is 6.80. The largest absolute Gasteiger partial charge is 0.343 e. The van der Waals surface area contributed by atoms with E-state index < -0.39 is 0 Å². The molecule has 0 aliphatic carbocycles. The molecule has 3 aromatic rings. The fraction of sp³-hybridized carbons (Fsp3) is 0.0476. The first-order valence-corrected chi connectivity index (χ1v) is 7.65. The van der Waals surface area contributed by atoms with Gasteiger partial charge in [-0.3, -0.25) is 4.79 Å². The normalized spacial score (nSPS) is 11.2. The minimum absolute atomic E-state index is 0.128. The summed E-state index contributed by atoms with van der Waals surface area (Å²) in [5, 5.41) is 10.4. The Morgan fingerprint density at radius 1 is 1.12 bits per heavy atom. The van der Waals surface area contributed by atoms with Crippen molar-refractivity contribution in [3.05, 3.63) is 90.1 Å².